The number of methoxy groups -OCH3 is 1. The lowest BCUT2D eigenvalue weighted by Gasteiger charge is -2.13. The first-order valence-corrected chi connectivity index (χ1v) is 4.79. The normalized spacial score (nSPS) is 12.6. The van der Waals surface area contributed by atoms with Gasteiger partial charge in [-0.2, -0.15) is 0 Å². The van der Waals surface area contributed by atoms with Gasteiger partial charge in [-0.3, -0.25) is 0 Å². The van der Waals surface area contributed by atoms with Gasteiger partial charge in [0.05, 0.1) is 12.1 Å². The van der Waals surface area contributed by atoms with Crippen LogP contribution in [0.2, 0.25) is 5.02 Å². The van der Waals surface area contributed by atoms with Gasteiger partial charge in [0.15, 0.2) is 0 Å². The predicted octanol–water partition coefficient (Wildman–Crippen LogP) is 2.46. The van der Waals surface area contributed by atoms with Gasteiger partial charge in [0.1, 0.15) is 11.5 Å². The van der Waals surface area contributed by atoms with E-state index in [2.05, 4.69) is 0 Å². The highest BCUT2D eigenvalue weighted by Gasteiger charge is 2.12. The van der Waals surface area contributed by atoms with Crippen molar-refractivity contribution >= 4 is 11.6 Å². The molecule has 0 spiro atoms. The molecule has 3 N–H and O–H groups in total. The van der Waals surface area contributed by atoms with Crippen LogP contribution < -0.4 is 10.5 Å². The third-order valence-electron chi connectivity index (χ3n) is 2.14. The lowest BCUT2D eigenvalue weighted by molar-refractivity contribution is 0.405. The number of ether oxygens (including phenoxy) is 1. The van der Waals surface area contributed by atoms with Crippen molar-refractivity contribution in [2.45, 2.75) is 19.4 Å². The number of benzene rings is 1. The van der Waals surface area contributed by atoms with Crippen LogP contribution in [0.5, 0.6) is 11.5 Å². The maximum Gasteiger partial charge on any atom is 0.141 e. The molecule has 0 bridgehead atoms. The Morgan fingerprint density at radius 2 is 2.21 bits per heavy atom. The minimum absolute atomic E-state index is 0.126. The third-order valence-corrected chi connectivity index (χ3v) is 2.44. The molecule has 1 atom stereocenters. The van der Waals surface area contributed by atoms with Crippen LogP contribution in [0.1, 0.15) is 24.9 Å². The summed E-state index contributed by atoms with van der Waals surface area (Å²) in [5.41, 5.74) is 6.45. The molecule has 0 heterocycles. The SMILES string of the molecule is CCC(N)c1cc(Cl)c(OC)cc1O. The third kappa shape index (κ3) is 2.11. The van der Waals surface area contributed by atoms with E-state index in [4.69, 9.17) is 22.1 Å². The Labute approximate surface area is 88.4 Å². The summed E-state index contributed by atoms with van der Waals surface area (Å²) in [6.07, 6.45) is 0.746. The van der Waals surface area contributed by atoms with Crippen molar-refractivity contribution in [3.8, 4) is 11.5 Å². The molecule has 0 aliphatic carbocycles. The average Bonchev–Trinajstić information content (AvgIpc) is 2.19. The second-order valence-electron chi connectivity index (χ2n) is 3.06. The summed E-state index contributed by atoms with van der Waals surface area (Å²) >= 11 is 5.91. The van der Waals surface area contributed by atoms with E-state index < -0.39 is 0 Å². The van der Waals surface area contributed by atoms with E-state index in [0.717, 1.165) is 6.42 Å². The highest BCUT2D eigenvalue weighted by atomic mass is 35.5. The largest absolute Gasteiger partial charge is 0.507 e. The Hall–Kier alpha value is -0.930. The van der Waals surface area contributed by atoms with Crippen molar-refractivity contribution in [3.63, 3.8) is 0 Å². The van der Waals surface area contributed by atoms with Crippen LogP contribution in [-0.4, -0.2) is 12.2 Å². The monoisotopic (exact) mass is 215 g/mol. The molecule has 3 nitrogen and oxygen atoms in total. The fourth-order valence-electron chi connectivity index (χ4n) is 1.23. The first-order valence-electron chi connectivity index (χ1n) is 4.42. The van der Waals surface area contributed by atoms with E-state index in [0.29, 0.717) is 16.3 Å². The minimum Gasteiger partial charge on any atom is -0.507 e. The van der Waals surface area contributed by atoms with Gasteiger partial charge in [-0.1, -0.05) is 18.5 Å². The second kappa shape index (κ2) is 4.53. The molecule has 0 aromatic heterocycles. The van der Waals surface area contributed by atoms with Crippen LogP contribution in [0.4, 0.5) is 0 Å². The molecule has 14 heavy (non-hydrogen) atoms. The molecule has 0 fully saturated rings. The zero-order valence-electron chi connectivity index (χ0n) is 8.25. The lowest BCUT2D eigenvalue weighted by atomic mass is 10.0. The van der Waals surface area contributed by atoms with E-state index in [9.17, 15) is 5.11 Å². The molecule has 78 valence electrons. The zero-order valence-corrected chi connectivity index (χ0v) is 9.01. The fourth-order valence-corrected chi connectivity index (χ4v) is 1.48. The number of hydrogen-bond donors (Lipinski definition) is 2. The van der Waals surface area contributed by atoms with Crippen molar-refractivity contribution < 1.29 is 9.84 Å². The number of nitrogens with two attached hydrogens (primary N) is 1. The zero-order chi connectivity index (χ0) is 10.7. The topological polar surface area (TPSA) is 55.5 Å². The van der Waals surface area contributed by atoms with Crippen LogP contribution in [0.25, 0.3) is 0 Å². The van der Waals surface area contributed by atoms with Crippen LogP contribution >= 0.6 is 11.6 Å². The van der Waals surface area contributed by atoms with Crippen molar-refractivity contribution in [3.05, 3.63) is 22.7 Å². The highest BCUT2D eigenvalue weighted by Crippen LogP contribution is 2.34. The summed E-state index contributed by atoms with van der Waals surface area (Å²) in [6.45, 7) is 1.95. The van der Waals surface area contributed by atoms with Crippen molar-refractivity contribution in [2.75, 3.05) is 7.11 Å². The van der Waals surface area contributed by atoms with E-state index in [1.807, 2.05) is 6.92 Å². The van der Waals surface area contributed by atoms with Crippen LogP contribution in [0, 0.1) is 0 Å². The molecule has 4 heteroatoms. The lowest BCUT2D eigenvalue weighted by Crippen LogP contribution is -2.08. The van der Waals surface area contributed by atoms with Gasteiger partial charge in [0.2, 0.25) is 0 Å². The van der Waals surface area contributed by atoms with Gasteiger partial charge in [0.25, 0.3) is 0 Å². The number of aromatic hydroxyl groups is 1. The van der Waals surface area contributed by atoms with Crippen LogP contribution in [0.3, 0.4) is 0 Å². The van der Waals surface area contributed by atoms with Gasteiger partial charge in [-0.05, 0) is 12.5 Å². The van der Waals surface area contributed by atoms with E-state index in [1.54, 1.807) is 6.07 Å². The van der Waals surface area contributed by atoms with Crippen LogP contribution in [0.15, 0.2) is 12.1 Å². The van der Waals surface area contributed by atoms with Gasteiger partial charge < -0.3 is 15.6 Å². The molecular weight excluding hydrogens is 202 g/mol. The Bertz CT molecular complexity index is 328. The van der Waals surface area contributed by atoms with Gasteiger partial charge in [-0.15, -0.1) is 0 Å². The molecule has 0 aliphatic rings. The average molecular weight is 216 g/mol. The van der Waals surface area contributed by atoms with E-state index >= 15 is 0 Å². The quantitative estimate of drug-likeness (QED) is 0.815. The molecule has 0 saturated heterocycles. The van der Waals surface area contributed by atoms with Crippen molar-refractivity contribution in [1.29, 1.82) is 0 Å². The Kier molecular flexibility index (Phi) is 3.61. The Morgan fingerprint density at radius 1 is 1.57 bits per heavy atom. The molecule has 0 saturated carbocycles. The van der Waals surface area contributed by atoms with Gasteiger partial charge in [0, 0.05) is 17.7 Å². The number of phenolic OH excluding ortho intramolecular Hbond substituents is 1. The second-order valence-corrected chi connectivity index (χ2v) is 3.47. The summed E-state index contributed by atoms with van der Waals surface area (Å²) in [7, 11) is 1.50. The molecular formula is C10H14ClNO2. The number of rotatable bonds is 3. The van der Waals surface area contributed by atoms with Gasteiger partial charge >= 0.3 is 0 Å². The smallest absolute Gasteiger partial charge is 0.141 e. The van der Waals surface area contributed by atoms with Crippen LogP contribution in [-0.2, 0) is 0 Å². The molecule has 1 unspecified atom stereocenters. The maximum absolute atomic E-state index is 9.63. The minimum atomic E-state index is -0.196. The highest BCUT2D eigenvalue weighted by molar-refractivity contribution is 6.32. The first kappa shape index (κ1) is 11.1. The molecule has 0 amide bonds. The number of hydrogen-bond acceptors (Lipinski definition) is 3. The first-order chi connectivity index (χ1) is 6.60. The molecule has 1 aromatic carbocycles. The number of halogens is 1. The summed E-state index contributed by atoms with van der Waals surface area (Å²) in [4.78, 5) is 0. The molecule has 1 aromatic rings. The summed E-state index contributed by atoms with van der Waals surface area (Å²) in [5, 5.41) is 10.1. The standard InChI is InChI=1S/C10H14ClNO2/c1-3-8(12)6-4-7(11)10(14-2)5-9(6)13/h4-5,8,13H,3,12H2,1-2H3. The Balaban J connectivity index is 3.14. The number of phenols is 1. The summed E-state index contributed by atoms with van der Waals surface area (Å²) < 4.78 is 4.96. The summed E-state index contributed by atoms with van der Waals surface area (Å²) in [5.74, 6) is 0.580. The summed E-state index contributed by atoms with van der Waals surface area (Å²) in [6, 6.07) is 2.93. The predicted molar refractivity (Wildman–Crippen MR) is 56.9 cm³/mol. The Morgan fingerprint density at radius 3 is 2.71 bits per heavy atom. The van der Waals surface area contributed by atoms with Crippen molar-refractivity contribution in [2.24, 2.45) is 5.73 Å². The van der Waals surface area contributed by atoms with E-state index in [-0.39, 0.29) is 11.8 Å². The van der Waals surface area contributed by atoms with Crippen molar-refractivity contribution in [1.82, 2.24) is 0 Å². The maximum atomic E-state index is 9.63. The molecule has 1 rings (SSSR count). The fraction of sp³-hybridized carbons (Fsp3) is 0.400. The van der Waals surface area contributed by atoms with E-state index in [1.165, 1.54) is 13.2 Å². The molecule has 0 aliphatic heterocycles. The molecule has 0 radical (unpaired) electrons. The van der Waals surface area contributed by atoms with Gasteiger partial charge in [-0.25, -0.2) is 0 Å².